The summed E-state index contributed by atoms with van der Waals surface area (Å²) in [6.45, 7) is 2.05. The van der Waals surface area contributed by atoms with Gasteiger partial charge in [-0.05, 0) is 69.3 Å². The van der Waals surface area contributed by atoms with Gasteiger partial charge >= 0.3 is 0 Å². The van der Waals surface area contributed by atoms with Crippen molar-refractivity contribution in [2.45, 2.75) is 63.3 Å². The van der Waals surface area contributed by atoms with E-state index in [1.165, 1.54) is 38.5 Å². The number of rotatable bonds is 3. The lowest BCUT2D eigenvalue weighted by Crippen LogP contribution is -2.49. The molecule has 4 fully saturated rings. The standard InChI is InChI=1S/C17H25N3/c1-11(18)4-15-2-3-19-16(20-15)17-8-12-5-13(9-17)7-14(6-12)10-17/h2-3,11-14H,4-10,18H2,1H3. The smallest absolute Gasteiger partial charge is 0.134 e. The highest BCUT2D eigenvalue weighted by molar-refractivity contribution is 5.19. The summed E-state index contributed by atoms with van der Waals surface area (Å²) in [6, 6.07) is 2.21. The summed E-state index contributed by atoms with van der Waals surface area (Å²) < 4.78 is 0. The van der Waals surface area contributed by atoms with Gasteiger partial charge in [0.2, 0.25) is 0 Å². The zero-order valence-electron chi connectivity index (χ0n) is 12.4. The molecule has 0 aliphatic heterocycles. The van der Waals surface area contributed by atoms with Crippen LogP contribution in [0.3, 0.4) is 0 Å². The van der Waals surface area contributed by atoms with Crippen molar-refractivity contribution in [2.24, 2.45) is 23.5 Å². The molecule has 1 unspecified atom stereocenters. The van der Waals surface area contributed by atoms with Gasteiger partial charge in [0.15, 0.2) is 0 Å². The first-order valence-electron chi connectivity index (χ1n) is 8.21. The van der Waals surface area contributed by atoms with E-state index in [1.54, 1.807) is 0 Å². The molecule has 2 N–H and O–H groups in total. The maximum atomic E-state index is 5.92. The fourth-order valence-electron chi connectivity index (χ4n) is 5.48. The second-order valence-electron chi connectivity index (χ2n) is 7.75. The molecule has 0 spiro atoms. The third kappa shape index (κ3) is 2.07. The van der Waals surface area contributed by atoms with Gasteiger partial charge in [-0.15, -0.1) is 0 Å². The van der Waals surface area contributed by atoms with E-state index >= 15 is 0 Å². The van der Waals surface area contributed by atoms with E-state index in [2.05, 4.69) is 4.98 Å². The molecule has 108 valence electrons. The normalized spacial score (nSPS) is 40.0. The molecule has 1 heterocycles. The van der Waals surface area contributed by atoms with Crippen molar-refractivity contribution in [3.8, 4) is 0 Å². The number of nitrogens with two attached hydrogens (primary N) is 1. The van der Waals surface area contributed by atoms with Crippen LogP contribution in [0.2, 0.25) is 0 Å². The van der Waals surface area contributed by atoms with Crippen molar-refractivity contribution in [3.05, 3.63) is 23.8 Å². The van der Waals surface area contributed by atoms with Crippen molar-refractivity contribution in [1.82, 2.24) is 9.97 Å². The summed E-state index contributed by atoms with van der Waals surface area (Å²) >= 11 is 0. The van der Waals surface area contributed by atoms with Gasteiger partial charge in [0.25, 0.3) is 0 Å². The van der Waals surface area contributed by atoms with Crippen molar-refractivity contribution in [3.63, 3.8) is 0 Å². The lowest BCUT2D eigenvalue weighted by molar-refractivity contribution is -0.00950. The van der Waals surface area contributed by atoms with E-state index in [-0.39, 0.29) is 6.04 Å². The number of nitrogens with zero attached hydrogens (tertiary/aromatic N) is 2. The Kier molecular flexibility index (Phi) is 2.88. The highest BCUT2D eigenvalue weighted by Crippen LogP contribution is 2.60. The zero-order valence-corrected chi connectivity index (χ0v) is 12.4. The van der Waals surface area contributed by atoms with Crippen LogP contribution < -0.4 is 5.73 Å². The summed E-state index contributed by atoms with van der Waals surface area (Å²) in [4.78, 5) is 9.60. The Morgan fingerprint density at radius 2 is 1.80 bits per heavy atom. The highest BCUT2D eigenvalue weighted by Gasteiger charge is 2.53. The fourth-order valence-corrected chi connectivity index (χ4v) is 5.48. The first-order chi connectivity index (χ1) is 9.63. The van der Waals surface area contributed by atoms with Gasteiger partial charge < -0.3 is 5.73 Å². The molecular formula is C17H25N3. The molecular weight excluding hydrogens is 246 g/mol. The molecule has 1 aromatic heterocycles. The lowest BCUT2D eigenvalue weighted by Gasteiger charge is -2.56. The Balaban J connectivity index is 1.66. The summed E-state index contributed by atoms with van der Waals surface area (Å²) in [5, 5.41) is 0. The van der Waals surface area contributed by atoms with Crippen LogP contribution >= 0.6 is 0 Å². The number of hydrogen-bond acceptors (Lipinski definition) is 3. The van der Waals surface area contributed by atoms with Crippen LogP contribution in [0.15, 0.2) is 12.3 Å². The third-order valence-electron chi connectivity index (χ3n) is 5.76. The van der Waals surface area contributed by atoms with Crippen LogP contribution in [-0.4, -0.2) is 16.0 Å². The highest BCUT2D eigenvalue weighted by atomic mass is 14.9. The molecule has 1 atom stereocenters. The molecule has 4 aliphatic rings. The summed E-state index contributed by atoms with van der Waals surface area (Å²) in [7, 11) is 0. The Bertz CT molecular complexity index is 473. The molecule has 0 amide bonds. The predicted molar refractivity (Wildman–Crippen MR) is 79.2 cm³/mol. The van der Waals surface area contributed by atoms with E-state index < -0.39 is 0 Å². The predicted octanol–water partition coefficient (Wildman–Crippen LogP) is 2.83. The minimum Gasteiger partial charge on any atom is -0.328 e. The number of hydrogen-bond donors (Lipinski definition) is 1. The van der Waals surface area contributed by atoms with Crippen molar-refractivity contribution < 1.29 is 0 Å². The molecule has 1 aromatic rings. The Hall–Kier alpha value is -0.960. The van der Waals surface area contributed by atoms with Gasteiger partial charge in [-0.2, -0.15) is 0 Å². The van der Waals surface area contributed by atoms with Gasteiger partial charge in [-0.3, -0.25) is 0 Å². The van der Waals surface area contributed by atoms with Gasteiger partial charge in [0.05, 0.1) is 0 Å². The maximum absolute atomic E-state index is 5.92. The molecule has 4 bridgehead atoms. The molecule has 0 saturated heterocycles. The van der Waals surface area contributed by atoms with E-state index in [0.29, 0.717) is 5.41 Å². The van der Waals surface area contributed by atoms with Crippen molar-refractivity contribution in [2.75, 3.05) is 0 Å². The van der Waals surface area contributed by atoms with Crippen molar-refractivity contribution in [1.29, 1.82) is 0 Å². The van der Waals surface area contributed by atoms with Crippen LogP contribution in [0.25, 0.3) is 0 Å². The lowest BCUT2D eigenvalue weighted by atomic mass is 9.49. The second kappa shape index (κ2) is 4.52. The van der Waals surface area contributed by atoms with Gasteiger partial charge in [0, 0.05) is 29.8 Å². The molecule has 4 saturated carbocycles. The van der Waals surface area contributed by atoms with E-state index in [0.717, 1.165) is 35.7 Å². The fraction of sp³-hybridized carbons (Fsp3) is 0.765. The SMILES string of the molecule is CC(N)Cc1ccnc(C23CC4CC(CC(C4)C2)C3)n1. The molecule has 20 heavy (non-hydrogen) atoms. The van der Waals surface area contributed by atoms with Crippen LogP contribution in [0, 0.1) is 17.8 Å². The topological polar surface area (TPSA) is 51.8 Å². The molecule has 0 aromatic carbocycles. The van der Waals surface area contributed by atoms with Crippen LogP contribution in [0.1, 0.15) is 57.0 Å². The summed E-state index contributed by atoms with van der Waals surface area (Å²) in [5.41, 5.74) is 7.35. The van der Waals surface area contributed by atoms with Gasteiger partial charge in [-0.25, -0.2) is 9.97 Å². The van der Waals surface area contributed by atoms with Crippen LogP contribution in [-0.2, 0) is 11.8 Å². The third-order valence-corrected chi connectivity index (χ3v) is 5.76. The average Bonchev–Trinajstić information content (AvgIpc) is 2.36. The monoisotopic (exact) mass is 271 g/mol. The largest absolute Gasteiger partial charge is 0.328 e. The van der Waals surface area contributed by atoms with Crippen LogP contribution in [0.4, 0.5) is 0 Å². The van der Waals surface area contributed by atoms with Crippen LogP contribution in [0.5, 0.6) is 0 Å². The molecule has 3 heteroatoms. The quantitative estimate of drug-likeness (QED) is 0.919. The maximum Gasteiger partial charge on any atom is 0.134 e. The van der Waals surface area contributed by atoms with Crippen molar-refractivity contribution >= 4 is 0 Å². The average molecular weight is 271 g/mol. The minimum atomic E-state index is 0.175. The Morgan fingerprint density at radius 3 is 2.35 bits per heavy atom. The molecule has 5 rings (SSSR count). The van der Waals surface area contributed by atoms with E-state index in [4.69, 9.17) is 10.7 Å². The Morgan fingerprint density at radius 1 is 1.20 bits per heavy atom. The van der Waals surface area contributed by atoms with Gasteiger partial charge in [-0.1, -0.05) is 0 Å². The van der Waals surface area contributed by atoms with Gasteiger partial charge in [0.1, 0.15) is 5.82 Å². The Labute approximate surface area is 121 Å². The molecule has 0 radical (unpaired) electrons. The number of aromatic nitrogens is 2. The minimum absolute atomic E-state index is 0.175. The summed E-state index contributed by atoms with van der Waals surface area (Å²) in [6.07, 6.45) is 11.2. The summed E-state index contributed by atoms with van der Waals surface area (Å²) in [5.74, 6) is 3.97. The first kappa shape index (κ1) is 12.8. The van der Waals surface area contributed by atoms with E-state index in [9.17, 15) is 0 Å². The zero-order chi connectivity index (χ0) is 13.7. The molecule has 4 aliphatic carbocycles. The van der Waals surface area contributed by atoms with E-state index in [1.807, 2.05) is 19.2 Å². The molecule has 3 nitrogen and oxygen atoms in total. The first-order valence-corrected chi connectivity index (χ1v) is 8.21. The second-order valence-corrected chi connectivity index (χ2v) is 7.75.